The summed E-state index contributed by atoms with van der Waals surface area (Å²) in [6.07, 6.45) is -0.355. The number of aromatic nitrogens is 3. The van der Waals surface area contributed by atoms with Crippen molar-refractivity contribution in [1.29, 1.82) is 0 Å². The molecule has 1 heterocycles. The Bertz CT molecular complexity index is 839. The zero-order valence-corrected chi connectivity index (χ0v) is 13.4. The molecule has 0 saturated carbocycles. The molecule has 0 saturated heterocycles. The molecule has 0 unspecified atom stereocenters. The molecule has 7 nitrogen and oxygen atoms in total. The summed E-state index contributed by atoms with van der Waals surface area (Å²) in [4.78, 5) is 22.6. The first-order chi connectivity index (χ1) is 11.3. The third-order valence-corrected chi connectivity index (χ3v) is 3.39. The largest absolute Gasteiger partial charge is 0.465 e. The molecule has 1 amide bonds. The minimum Gasteiger partial charge on any atom is -0.465 e. The second-order valence-electron chi connectivity index (χ2n) is 4.59. The Morgan fingerprint density at radius 1 is 1.38 bits per heavy atom. The van der Waals surface area contributed by atoms with Crippen LogP contribution in [0.3, 0.4) is 0 Å². The Balaban J connectivity index is 2.33. The van der Waals surface area contributed by atoms with Crippen molar-refractivity contribution in [2.45, 2.75) is 6.54 Å². The first kappa shape index (κ1) is 17.8. The summed E-state index contributed by atoms with van der Waals surface area (Å²) in [5.41, 5.74) is -1.63. The summed E-state index contributed by atoms with van der Waals surface area (Å²) >= 11 is 2.92. The molecule has 11 heteroatoms. The predicted octanol–water partition coefficient (Wildman–Crippen LogP) is 2.20. The summed E-state index contributed by atoms with van der Waals surface area (Å²) in [6, 6.07) is 1.96. The molecule has 0 spiro atoms. The molecule has 2 N–H and O–H groups in total. The van der Waals surface area contributed by atoms with Crippen LogP contribution in [0.2, 0.25) is 0 Å². The van der Waals surface area contributed by atoms with Crippen LogP contribution in [0.15, 0.2) is 39.6 Å². The zero-order valence-electron chi connectivity index (χ0n) is 11.8. The summed E-state index contributed by atoms with van der Waals surface area (Å²) in [6.45, 7) is -0.755. The molecule has 128 valence electrons. The van der Waals surface area contributed by atoms with E-state index in [1.165, 1.54) is 0 Å². The first-order valence-corrected chi connectivity index (χ1v) is 7.17. The van der Waals surface area contributed by atoms with Crippen LogP contribution < -0.4 is 11.0 Å². The van der Waals surface area contributed by atoms with Crippen LogP contribution in [-0.2, 0) is 6.54 Å². The van der Waals surface area contributed by atoms with Crippen LogP contribution >= 0.6 is 15.9 Å². The highest BCUT2D eigenvalue weighted by Gasteiger charge is 2.17. The lowest BCUT2D eigenvalue weighted by Gasteiger charge is -2.06. The van der Waals surface area contributed by atoms with Crippen LogP contribution in [0.1, 0.15) is 0 Å². The molecule has 0 fully saturated rings. The number of hydrogen-bond acceptors (Lipinski definition) is 3. The van der Waals surface area contributed by atoms with Gasteiger partial charge in [-0.15, -0.1) is 0 Å². The summed E-state index contributed by atoms with van der Waals surface area (Å²) in [5.74, 6) is -1.98. The van der Waals surface area contributed by atoms with Gasteiger partial charge in [0.25, 0.3) is 0 Å². The van der Waals surface area contributed by atoms with Gasteiger partial charge in [-0.3, -0.25) is 0 Å². The molecule has 0 radical (unpaired) electrons. The number of carboxylic acid groups (broad SMARTS) is 1. The second kappa shape index (κ2) is 7.34. The summed E-state index contributed by atoms with van der Waals surface area (Å²) < 4.78 is 42.1. The predicted molar refractivity (Wildman–Crippen MR) is 80.7 cm³/mol. The molecule has 0 aliphatic heterocycles. The average molecular weight is 407 g/mol. The lowest BCUT2D eigenvalue weighted by molar-refractivity contribution is 0.195. The van der Waals surface area contributed by atoms with Gasteiger partial charge >= 0.3 is 11.8 Å². The molecular weight excluding hydrogens is 397 g/mol. The van der Waals surface area contributed by atoms with Crippen molar-refractivity contribution in [2.24, 2.45) is 0 Å². The molecule has 0 bridgehead atoms. The minimum absolute atomic E-state index is 0.0958. The number of halogens is 4. The van der Waals surface area contributed by atoms with E-state index in [0.717, 1.165) is 23.1 Å². The molecule has 2 rings (SSSR count). The van der Waals surface area contributed by atoms with Crippen LogP contribution in [0.4, 0.5) is 18.0 Å². The fourth-order valence-electron chi connectivity index (χ4n) is 1.87. The number of amides is 1. The Morgan fingerprint density at radius 3 is 2.54 bits per heavy atom. The van der Waals surface area contributed by atoms with E-state index in [2.05, 4.69) is 21.0 Å². The average Bonchev–Trinajstić information content (AvgIpc) is 2.83. The maximum Gasteiger partial charge on any atom is 0.404 e. The van der Waals surface area contributed by atoms with Crippen molar-refractivity contribution in [3.8, 4) is 5.69 Å². The molecular formula is C13H10BrF3N4O3. The molecule has 2 aromatic rings. The molecule has 0 atom stereocenters. The Labute approximate surface area is 141 Å². The van der Waals surface area contributed by atoms with Crippen LogP contribution in [0, 0.1) is 11.6 Å². The Hall–Kier alpha value is -2.56. The smallest absolute Gasteiger partial charge is 0.404 e. The maximum absolute atomic E-state index is 13.9. The normalized spacial score (nSPS) is 11.6. The fraction of sp³-hybridized carbons (Fsp3) is 0.154. The fourth-order valence-corrected chi connectivity index (χ4v) is 2.28. The molecule has 1 aromatic heterocycles. The second-order valence-corrected chi connectivity index (χ2v) is 5.50. The van der Waals surface area contributed by atoms with E-state index in [4.69, 9.17) is 5.11 Å². The lowest BCUT2D eigenvalue weighted by atomic mass is 10.3. The topological polar surface area (TPSA) is 89.2 Å². The van der Waals surface area contributed by atoms with Gasteiger partial charge in [0.15, 0.2) is 11.6 Å². The quantitative estimate of drug-likeness (QED) is 0.796. The van der Waals surface area contributed by atoms with Crippen molar-refractivity contribution < 1.29 is 23.1 Å². The summed E-state index contributed by atoms with van der Waals surface area (Å²) in [5, 5.41) is 14.1. The van der Waals surface area contributed by atoms with E-state index < -0.39 is 29.1 Å². The van der Waals surface area contributed by atoms with E-state index in [9.17, 15) is 22.8 Å². The molecule has 24 heavy (non-hydrogen) atoms. The summed E-state index contributed by atoms with van der Waals surface area (Å²) in [7, 11) is 0. The standard InChI is InChI=1S/C13H10BrF3N4O3/c14-8-1-9(16)11(10(17)2-8)20-6-19-21(13(20)24)5-7(3-15)4-18-12(22)23/h1-3,6,18H,4-5H2,(H,22,23)/b7-3+. The number of nitrogens with zero attached hydrogens (tertiary/aromatic N) is 3. The van der Waals surface area contributed by atoms with Crippen molar-refractivity contribution in [3.63, 3.8) is 0 Å². The van der Waals surface area contributed by atoms with E-state index in [1.54, 1.807) is 0 Å². The van der Waals surface area contributed by atoms with Gasteiger partial charge in [-0.05, 0) is 17.7 Å². The minimum atomic E-state index is -1.37. The maximum atomic E-state index is 13.9. The number of hydrogen-bond donors (Lipinski definition) is 2. The highest BCUT2D eigenvalue weighted by molar-refractivity contribution is 9.10. The number of nitrogens with one attached hydrogen (secondary N) is 1. The van der Waals surface area contributed by atoms with Gasteiger partial charge in [0, 0.05) is 11.0 Å². The van der Waals surface area contributed by atoms with E-state index in [-0.39, 0.29) is 29.5 Å². The van der Waals surface area contributed by atoms with Crippen molar-refractivity contribution in [2.75, 3.05) is 6.54 Å². The van der Waals surface area contributed by atoms with Gasteiger partial charge in [-0.25, -0.2) is 32.0 Å². The van der Waals surface area contributed by atoms with Gasteiger partial charge in [0.05, 0.1) is 12.9 Å². The van der Waals surface area contributed by atoms with Gasteiger partial charge in [-0.1, -0.05) is 15.9 Å². The third kappa shape index (κ3) is 3.85. The van der Waals surface area contributed by atoms with Crippen LogP contribution in [0.25, 0.3) is 5.69 Å². The van der Waals surface area contributed by atoms with Gasteiger partial charge in [0.2, 0.25) is 0 Å². The van der Waals surface area contributed by atoms with E-state index in [0.29, 0.717) is 4.57 Å². The monoisotopic (exact) mass is 406 g/mol. The molecule has 1 aromatic carbocycles. The van der Waals surface area contributed by atoms with E-state index in [1.807, 2.05) is 5.32 Å². The van der Waals surface area contributed by atoms with E-state index >= 15 is 0 Å². The SMILES string of the molecule is O=C(O)NC/C(=C\F)Cn1ncn(-c2c(F)cc(Br)cc2F)c1=O. The number of rotatable bonds is 5. The molecule has 0 aliphatic carbocycles. The van der Waals surface area contributed by atoms with Gasteiger partial charge < -0.3 is 10.4 Å². The Kier molecular flexibility index (Phi) is 5.44. The number of benzene rings is 1. The molecule has 0 aliphatic rings. The van der Waals surface area contributed by atoms with Crippen molar-refractivity contribution in [3.05, 3.63) is 57.0 Å². The lowest BCUT2D eigenvalue weighted by Crippen LogP contribution is -2.29. The van der Waals surface area contributed by atoms with Crippen molar-refractivity contribution in [1.82, 2.24) is 19.7 Å². The zero-order chi connectivity index (χ0) is 17.9. The van der Waals surface area contributed by atoms with Crippen molar-refractivity contribution >= 4 is 22.0 Å². The van der Waals surface area contributed by atoms with Crippen LogP contribution in [0.5, 0.6) is 0 Å². The van der Waals surface area contributed by atoms with Gasteiger partial charge in [0.1, 0.15) is 12.0 Å². The third-order valence-electron chi connectivity index (χ3n) is 2.93. The van der Waals surface area contributed by atoms with Crippen LogP contribution in [-0.4, -0.2) is 32.1 Å². The first-order valence-electron chi connectivity index (χ1n) is 6.37. The highest BCUT2D eigenvalue weighted by Crippen LogP contribution is 2.21. The van der Waals surface area contributed by atoms with Gasteiger partial charge in [-0.2, -0.15) is 5.10 Å². The highest BCUT2D eigenvalue weighted by atomic mass is 79.9. The number of carbonyl (C=O) groups is 1. The Morgan fingerprint density at radius 2 is 2.00 bits per heavy atom.